The molecule has 1 aromatic rings. The largest absolute Gasteiger partial charge is 0.541 e. The first-order chi connectivity index (χ1) is 12.7. The molecular formula is C22H30N3O2ReY-3. The first kappa shape index (κ1) is 30.5. The van der Waals surface area contributed by atoms with Crippen LogP contribution < -0.4 is 4.90 Å². The maximum Gasteiger partial charge on any atom is 0.219 e. The number of hydrogen-bond donors (Lipinski definition) is 0. The second-order valence-electron chi connectivity index (χ2n) is 6.41. The first-order valence-electron chi connectivity index (χ1n) is 9.16. The molecule has 158 valence electrons. The zero-order chi connectivity index (χ0) is 18.6. The zero-order valence-electron chi connectivity index (χ0n) is 17.4. The number of aromatic nitrogens is 2. The van der Waals surface area contributed by atoms with Crippen LogP contribution in [0.5, 0.6) is 0 Å². The Morgan fingerprint density at radius 3 is 2.59 bits per heavy atom. The third-order valence-electron chi connectivity index (χ3n) is 4.50. The summed E-state index contributed by atoms with van der Waals surface area (Å²) in [4.78, 5) is 21.1. The Balaban J connectivity index is 0. The standard InChI is InChI=1S/C21H27N3O2.CH3.Re.Y/c1-3-20(8-7-18(2)11-16-25)26-17-4-6-19-9-14-24(15-10-19)21-22-12-5-13-23-21;;;/h3,7-8,12-13,19H,2,4,6,9-11,14-15,17H2,1H3;1H3;;/q-2;-1;;/b8-7-,20-3+;;;. The van der Waals surface area contributed by atoms with Crippen LogP contribution in [0.1, 0.15) is 39.0 Å². The Labute approximate surface area is 215 Å². The molecule has 1 fully saturated rings. The van der Waals surface area contributed by atoms with E-state index in [-0.39, 0.29) is 67.0 Å². The molecular weight excluding hydrogens is 613 g/mol. The third kappa shape index (κ3) is 11.9. The number of hydrogen-bond acceptors (Lipinski definition) is 5. The van der Waals surface area contributed by atoms with Crippen LogP contribution in [0.15, 0.2) is 48.5 Å². The van der Waals surface area contributed by atoms with Crippen LogP contribution in [0, 0.1) is 19.4 Å². The summed E-state index contributed by atoms with van der Waals surface area (Å²) in [6.45, 7) is 8.45. The van der Waals surface area contributed by atoms with Crippen molar-refractivity contribution < 1.29 is 62.7 Å². The second kappa shape index (κ2) is 18.1. The van der Waals surface area contributed by atoms with Crippen molar-refractivity contribution in [2.75, 3.05) is 24.6 Å². The topological polar surface area (TPSA) is 55.3 Å². The number of rotatable bonds is 10. The van der Waals surface area contributed by atoms with Gasteiger partial charge in [0.05, 0.1) is 6.61 Å². The molecule has 0 aromatic carbocycles. The average Bonchev–Trinajstić information content (AvgIpc) is 2.69. The van der Waals surface area contributed by atoms with Crippen molar-refractivity contribution in [2.45, 2.75) is 39.0 Å². The molecule has 0 bridgehead atoms. The van der Waals surface area contributed by atoms with E-state index < -0.39 is 0 Å². The Kier molecular flexibility index (Phi) is 19.1. The Bertz CT molecular complexity index is 630. The van der Waals surface area contributed by atoms with E-state index in [4.69, 9.17) is 4.74 Å². The van der Waals surface area contributed by atoms with Gasteiger partial charge < -0.3 is 27.9 Å². The summed E-state index contributed by atoms with van der Waals surface area (Å²) < 4.78 is 5.80. The average molecular weight is 644 g/mol. The number of anilines is 1. The maximum absolute atomic E-state index is 10.3. The molecule has 0 atom stereocenters. The Hall–Kier alpha value is -0.664. The smallest absolute Gasteiger partial charge is 0.219 e. The molecule has 1 aromatic heterocycles. The van der Waals surface area contributed by atoms with Crippen molar-refractivity contribution in [1.82, 2.24) is 9.97 Å². The van der Waals surface area contributed by atoms with Gasteiger partial charge in [-0.3, -0.25) is 16.3 Å². The normalized spacial score (nSPS) is 14.4. The number of ether oxygens (including phenoxy) is 1. The van der Waals surface area contributed by atoms with Crippen LogP contribution in [0.2, 0.25) is 0 Å². The fourth-order valence-electron chi connectivity index (χ4n) is 2.98. The minimum absolute atomic E-state index is 0. The predicted octanol–water partition coefficient (Wildman–Crippen LogP) is 4.25. The van der Waals surface area contributed by atoms with Crippen molar-refractivity contribution in [3.05, 3.63) is 62.0 Å². The van der Waals surface area contributed by atoms with Crippen molar-refractivity contribution in [3.8, 4) is 0 Å². The Morgan fingerprint density at radius 2 is 2.00 bits per heavy atom. The second-order valence-corrected chi connectivity index (χ2v) is 6.41. The molecule has 0 N–H and O–H groups in total. The molecule has 1 aliphatic rings. The number of allylic oxidation sites excluding steroid dienone is 4. The van der Waals surface area contributed by atoms with Crippen LogP contribution in [0.4, 0.5) is 5.95 Å². The maximum atomic E-state index is 10.3. The van der Waals surface area contributed by atoms with Crippen molar-refractivity contribution >= 4 is 12.2 Å². The molecule has 7 heteroatoms. The van der Waals surface area contributed by atoms with Gasteiger partial charge in [0.1, 0.15) is 5.76 Å². The summed E-state index contributed by atoms with van der Waals surface area (Å²) >= 11 is 0. The molecule has 2 rings (SSSR count). The molecule has 0 spiro atoms. The molecule has 0 aliphatic carbocycles. The summed E-state index contributed by atoms with van der Waals surface area (Å²) in [6.07, 6.45) is 15.5. The van der Waals surface area contributed by atoms with Crippen molar-refractivity contribution in [1.29, 1.82) is 0 Å². The molecule has 1 aliphatic heterocycles. The number of carbonyl (C=O) groups excluding carboxylic acids is 1. The SMILES string of the molecule is C=C(/C=C\C(=C/C)OCCCC1CCN(c2nc[c-]cn2)CC1)C[C-]=O.[CH3-].[Re].[Y]. The van der Waals surface area contributed by atoms with Crippen LogP contribution in [0.25, 0.3) is 0 Å². The van der Waals surface area contributed by atoms with Gasteiger partial charge in [-0.2, -0.15) is 0 Å². The van der Waals surface area contributed by atoms with E-state index in [1.807, 2.05) is 25.4 Å². The van der Waals surface area contributed by atoms with E-state index in [1.165, 1.54) is 19.3 Å². The van der Waals surface area contributed by atoms with Crippen molar-refractivity contribution in [3.63, 3.8) is 0 Å². The molecule has 0 amide bonds. The summed E-state index contributed by atoms with van der Waals surface area (Å²) in [5, 5.41) is 0. The number of piperidine rings is 1. The number of nitrogens with zero attached hydrogens (tertiary/aromatic N) is 3. The summed E-state index contributed by atoms with van der Waals surface area (Å²) in [6, 6.07) is 2.86. The fourth-order valence-corrected chi connectivity index (χ4v) is 2.98. The fraction of sp³-hybridized carbons (Fsp3) is 0.455. The monoisotopic (exact) mass is 644 g/mol. The van der Waals surface area contributed by atoms with Gasteiger partial charge >= 0.3 is 0 Å². The molecule has 0 saturated carbocycles. The molecule has 2 heterocycles. The van der Waals surface area contributed by atoms with Crippen LogP contribution in [0.3, 0.4) is 0 Å². The van der Waals surface area contributed by atoms with Gasteiger partial charge in [0.25, 0.3) is 0 Å². The van der Waals surface area contributed by atoms with E-state index in [1.54, 1.807) is 18.5 Å². The predicted molar refractivity (Wildman–Crippen MR) is 110 cm³/mol. The van der Waals surface area contributed by atoms with Gasteiger partial charge in [-0.1, -0.05) is 18.2 Å². The minimum atomic E-state index is 0. The summed E-state index contributed by atoms with van der Waals surface area (Å²) in [5.74, 6) is 2.35. The van der Waals surface area contributed by atoms with Gasteiger partial charge in [0.2, 0.25) is 5.95 Å². The van der Waals surface area contributed by atoms with Gasteiger partial charge in [0, 0.05) is 66.2 Å². The molecule has 2 radical (unpaired) electrons. The molecule has 1 saturated heterocycles. The quantitative estimate of drug-likeness (QED) is 0.165. The molecule has 29 heavy (non-hydrogen) atoms. The van der Waals surface area contributed by atoms with E-state index >= 15 is 0 Å². The van der Waals surface area contributed by atoms with Gasteiger partial charge in [-0.15, -0.1) is 18.8 Å². The Morgan fingerprint density at radius 1 is 1.34 bits per heavy atom. The first-order valence-corrected chi connectivity index (χ1v) is 9.16. The van der Waals surface area contributed by atoms with Gasteiger partial charge in [-0.05, 0) is 50.7 Å². The third-order valence-corrected chi connectivity index (χ3v) is 4.50. The van der Waals surface area contributed by atoms with Gasteiger partial charge in [-0.25, -0.2) is 0 Å². The summed E-state index contributed by atoms with van der Waals surface area (Å²) in [7, 11) is 0. The van der Waals surface area contributed by atoms with E-state index in [2.05, 4.69) is 27.5 Å². The van der Waals surface area contributed by atoms with Crippen LogP contribution in [-0.2, 0) is 62.7 Å². The van der Waals surface area contributed by atoms with Gasteiger partial charge in [0.15, 0.2) is 0 Å². The molecule has 5 nitrogen and oxygen atoms in total. The minimum Gasteiger partial charge on any atom is -0.541 e. The van der Waals surface area contributed by atoms with E-state index in [9.17, 15) is 4.79 Å². The summed E-state index contributed by atoms with van der Waals surface area (Å²) in [5.41, 5.74) is 0.731. The molecule has 0 unspecified atom stereocenters. The van der Waals surface area contributed by atoms with Crippen molar-refractivity contribution in [2.24, 2.45) is 5.92 Å². The zero-order valence-corrected chi connectivity index (χ0v) is 23.0. The van der Waals surface area contributed by atoms with Crippen LogP contribution in [-0.4, -0.2) is 36.0 Å². The van der Waals surface area contributed by atoms with Crippen LogP contribution >= 0.6 is 0 Å². The van der Waals surface area contributed by atoms with E-state index in [0.29, 0.717) is 6.61 Å². The van der Waals surface area contributed by atoms with E-state index in [0.717, 1.165) is 42.7 Å².